The second-order valence-corrected chi connectivity index (χ2v) is 16.0. The van der Waals surface area contributed by atoms with Gasteiger partial charge in [0.05, 0.1) is 24.8 Å². The van der Waals surface area contributed by atoms with E-state index in [-0.39, 0.29) is 5.75 Å². The van der Waals surface area contributed by atoms with Crippen molar-refractivity contribution >= 4 is 24.3 Å². The first kappa shape index (κ1) is 24.8. The van der Waals surface area contributed by atoms with Crippen LogP contribution in [0, 0.1) is 0 Å². The van der Waals surface area contributed by atoms with Crippen molar-refractivity contribution in [1.82, 2.24) is 19.5 Å². The van der Waals surface area contributed by atoms with Crippen LogP contribution < -0.4 is 5.19 Å². The summed E-state index contributed by atoms with van der Waals surface area (Å²) in [5.41, 5.74) is 8.64. The van der Waals surface area contributed by atoms with E-state index < -0.39 is 8.07 Å². The van der Waals surface area contributed by atoms with E-state index in [1.165, 1.54) is 5.19 Å². The van der Waals surface area contributed by atoms with Gasteiger partial charge in [0, 0.05) is 30.6 Å². The van der Waals surface area contributed by atoms with E-state index in [0.29, 0.717) is 11.5 Å². The van der Waals surface area contributed by atoms with E-state index in [1.54, 1.807) is 18.3 Å². The van der Waals surface area contributed by atoms with Gasteiger partial charge < -0.3 is 9.67 Å². The molecular weight excluding hydrogens is 496 g/mol. The number of hydrogen-bond donors (Lipinski definition) is 1. The van der Waals surface area contributed by atoms with Crippen molar-refractivity contribution in [2.45, 2.75) is 19.6 Å². The predicted molar refractivity (Wildman–Crippen MR) is 163 cm³/mol. The first-order valence-corrected chi connectivity index (χ1v) is 16.6. The molecule has 0 unspecified atom stereocenters. The molecule has 6 heteroatoms. The molecule has 1 N–H and O–H groups in total. The van der Waals surface area contributed by atoms with E-state index >= 15 is 0 Å². The van der Waals surface area contributed by atoms with Crippen LogP contribution in [0.1, 0.15) is 0 Å². The fourth-order valence-corrected chi connectivity index (χ4v) is 6.00. The lowest BCUT2D eigenvalue weighted by Gasteiger charge is -2.16. The van der Waals surface area contributed by atoms with Gasteiger partial charge in [0.15, 0.2) is 5.82 Å². The van der Waals surface area contributed by atoms with E-state index in [4.69, 9.17) is 9.97 Å². The highest BCUT2D eigenvalue weighted by Gasteiger charge is 2.19. The number of rotatable bonds is 5. The molecule has 3 aromatic carbocycles. The lowest BCUT2D eigenvalue weighted by atomic mass is 9.94. The minimum absolute atomic E-state index is 0.110. The molecular formula is C33H30N4OSi. The van der Waals surface area contributed by atoms with Crippen molar-refractivity contribution in [3.8, 4) is 50.8 Å². The van der Waals surface area contributed by atoms with Crippen LogP contribution in [0.2, 0.25) is 19.6 Å². The number of benzene rings is 3. The number of aromatic nitrogens is 4. The molecule has 0 radical (unpaired) electrons. The third kappa shape index (κ3) is 4.64. The van der Waals surface area contributed by atoms with Gasteiger partial charge in [-0.05, 0) is 64.3 Å². The average Bonchev–Trinajstić information content (AvgIpc) is 3.29. The van der Waals surface area contributed by atoms with Crippen molar-refractivity contribution < 1.29 is 5.11 Å². The summed E-state index contributed by atoms with van der Waals surface area (Å²) in [5, 5.41) is 11.8. The fourth-order valence-electron chi connectivity index (χ4n) is 4.96. The van der Waals surface area contributed by atoms with Crippen LogP contribution in [0.15, 0.2) is 103 Å². The molecule has 3 heterocycles. The van der Waals surface area contributed by atoms with Crippen molar-refractivity contribution in [3.05, 3.63) is 103 Å². The Bertz CT molecular complexity index is 1800. The quantitative estimate of drug-likeness (QED) is 0.240. The third-order valence-electron chi connectivity index (χ3n) is 7.19. The van der Waals surface area contributed by atoms with E-state index in [2.05, 4.69) is 91.4 Å². The van der Waals surface area contributed by atoms with E-state index in [1.807, 2.05) is 29.9 Å². The maximum absolute atomic E-state index is 10.5. The van der Waals surface area contributed by atoms with Crippen LogP contribution in [0.25, 0.3) is 56.1 Å². The Morgan fingerprint density at radius 1 is 0.718 bits per heavy atom. The Labute approximate surface area is 229 Å². The van der Waals surface area contributed by atoms with Crippen molar-refractivity contribution in [1.29, 1.82) is 0 Å². The van der Waals surface area contributed by atoms with Gasteiger partial charge in [0.25, 0.3) is 0 Å². The zero-order valence-electron chi connectivity index (χ0n) is 22.6. The Kier molecular flexibility index (Phi) is 6.12. The Hall–Kier alpha value is -4.55. The molecule has 0 fully saturated rings. The number of fused-ring (bicyclic) bond motifs is 1. The maximum Gasteiger partial charge on any atom is 0.163 e. The topological polar surface area (TPSA) is 63.8 Å². The number of nitrogens with zero attached hydrogens (tertiary/aromatic N) is 4. The normalized spacial score (nSPS) is 11.7. The fraction of sp³-hybridized carbons (Fsp3) is 0.121. The lowest BCUT2D eigenvalue weighted by molar-refractivity contribution is 0.474. The van der Waals surface area contributed by atoms with Crippen molar-refractivity contribution in [3.63, 3.8) is 0 Å². The molecule has 0 aliphatic heterocycles. The molecule has 5 nitrogen and oxygen atoms in total. The summed E-state index contributed by atoms with van der Waals surface area (Å²) in [7, 11) is 0.511. The summed E-state index contributed by atoms with van der Waals surface area (Å²) in [4.78, 5) is 14.3. The summed E-state index contributed by atoms with van der Waals surface area (Å²) >= 11 is 0. The number of aromatic hydroxyl groups is 1. The minimum atomic E-state index is -1.45. The zero-order valence-corrected chi connectivity index (χ0v) is 23.6. The highest BCUT2D eigenvalue weighted by molar-refractivity contribution is 6.88. The summed E-state index contributed by atoms with van der Waals surface area (Å²) in [6, 6.07) is 31.0. The van der Waals surface area contributed by atoms with Crippen LogP contribution >= 0.6 is 0 Å². The molecule has 0 amide bonds. The van der Waals surface area contributed by atoms with E-state index in [9.17, 15) is 5.11 Å². The first-order valence-electron chi connectivity index (χ1n) is 13.1. The van der Waals surface area contributed by atoms with Crippen LogP contribution in [0.3, 0.4) is 0 Å². The van der Waals surface area contributed by atoms with Crippen LogP contribution in [-0.2, 0) is 7.05 Å². The summed E-state index contributed by atoms with van der Waals surface area (Å²) in [6.45, 7) is 7.01. The molecule has 6 aromatic rings. The molecule has 0 saturated heterocycles. The van der Waals surface area contributed by atoms with Crippen LogP contribution in [-0.4, -0.2) is 32.7 Å². The molecule has 39 heavy (non-hydrogen) atoms. The van der Waals surface area contributed by atoms with Gasteiger partial charge in [0.2, 0.25) is 0 Å². The van der Waals surface area contributed by atoms with Crippen LogP contribution in [0.5, 0.6) is 5.75 Å². The van der Waals surface area contributed by atoms with Crippen molar-refractivity contribution in [2.24, 2.45) is 7.05 Å². The van der Waals surface area contributed by atoms with Gasteiger partial charge in [-0.3, -0.25) is 4.98 Å². The lowest BCUT2D eigenvalue weighted by Crippen LogP contribution is -2.37. The highest BCUT2D eigenvalue weighted by atomic mass is 28.3. The standard InChI is InChI=1S/C33H30N4OSi/c1-37-29-13-8-12-27(31(29)36-33(37)32-30(38)14-9-17-34-32)24-18-23(22-10-6-5-7-11-22)19-25(20-24)28-16-15-26(21-35-28)39(2,3)4/h5-21,38H,1-4H3. The Morgan fingerprint density at radius 2 is 1.49 bits per heavy atom. The molecule has 0 atom stereocenters. The molecule has 0 spiro atoms. The average molecular weight is 527 g/mol. The van der Waals surface area contributed by atoms with Gasteiger partial charge >= 0.3 is 0 Å². The van der Waals surface area contributed by atoms with E-state index in [0.717, 1.165) is 44.5 Å². The molecule has 6 rings (SSSR count). The minimum Gasteiger partial charge on any atom is -0.506 e. The van der Waals surface area contributed by atoms with Gasteiger partial charge in [-0.25, -0.2) is 9.97 Å². The number of hydrogen-bond acceptors (Lipinski definition) is 4. The number of imidazole rings is 1. The second kappa shape index (κ2) is 9.64. The summed E-state index contributed by atoms with van der Waals surface area (Å²) in [5.74, 6) is 0.734. The van der Waals surface area contributed by atoms with Crippen molar-refractivity contribution in [2.75, 3.05) is 0 Å². The molecule has 3 aromatic heterocycles. The van der Waals surface area contributed by atoms with Gasteiger partial charge in [-0.2, -0.15) is 0 Å². The zero-order chi connectivity index (χ0) is 27.1. The van der Waals surface area contributed by atoms with Gasteiger partial charge in [-0.1, -0.05) is 68.2 Å². The SMILES string of the molecule is Cn1c(-c2ncccc2O)nc2c(-c3cc(-c4ccccc4)cc(-c4ccc([Si](C)(C)C)cn4)c3)cccc21. The summed E-state index contributed by atoms with van der Waals surface area (Å²) < 4.78 is 1.99. The molecule has 0 saturated carbocycles. The third-order valence-corrected chi connectivity index (χ3v) is 9.21. The Balaban J connectivity index is 1.56. The number of pyridine rings is 2. The number of para-hydroxylation sites is 1. The largest absolute Gasteiger partial charge is 0.506 e. The Morgan fingerprint density at radius 3 is 2.21 bits per heavy atom. The molecule has 0 bridgehead atoms. The monoisotopic (exact) mass is 526 g/mol. The molecule has 192 valence electrons. The predicted octanol–water partition coefficient (Wildman–Crippen LogP) is 7.28. The molecule has 0 aliphatic rings. The number of aryl methyl sites for hydroxylation is 1. The summed E-state index contributed by atoms with van der Waals surface area (Å²) in [6.07, 6.45) is 3.72. The highest BCUT2D eigenvalue weighted by Crippen LogP contribution is 2.37. The van der Waals surface area contributed by atoms with Gasteiger partial charge in [-0.15, -0.1) is 0 Å². The smallest absolute Gasteiger partial charge is 0.163 e. The van der Waals surface area contributed by atoms with Gasteiger partial charge in [0.1, 0.15) is 11.4 Å². The van der Waals surface area contributed by atoms with Crippen LogP contribution in [0.4, 0.5) is 0 Å². The second-order valence-electron chi connectivity index (χ2n) is 10.9. The first-order chi connectivity index (χ1) is 18.8. The molecule has 0 aliphatic carbocycles. The maximum atomic E-state index is 10.5.